The van der Waals surface area contributed by atoms with Crippen LogP contribution in [-0.2, 0) is 27.3 Å². The quantitative estimate of drug-likeness (QED) is 0.199. The lowest BCUT2D eigenvalue weighted by molar-refractivity contribution is -0.137. The topological polar surface area (TPSA) is 106 Å². The molecule has 0 spiro atoms. The summed E-state index contributed by atoms with van der Waals surface area (Å²) in [5, 5.41) is 2.34. The smallest absolute Gasteiger partial charge is 0.255 e. The number of alkyl halides is 1. The lowest BCUT2D eigenvalue weighted by Gasteiger charge is -2.52. The first kappa shape index (κ1) is 55.2. The van der Waals surface area contributed by atoms with Crippen molar-refractivity contribution in [3.8, 4) is 5.75 Å². The van der Waals surface area contributed by atoms with Gasteiger partial charge in [0.1, 0.15) is 36.2 Å². The number of imide groups is 1. The summed E-state index contributed by atoms with van der Waals surface area (Å²) in [4.78, 5) is 58.9. The Hall–Kier alpha value is -5.14. The first-order valence-electron chi connectivity index (χ1n) is 26.5. The van der Waals surface area contributed by atoms with Gasteiger partial charge in [0.2, 0.25) is 11.8 Å². The number of nitrogens with one attached hydrogen (secondary N) is 1. The van der Waals surface area contributed by atoms with Crippen LogP contribution >= 0.6 is 0 Å². The molecule has 0 radical (unpaired) electrons. The number of anilines is 2. The predicted molar refractivity (Wildman–Crippen MR) is 283 cm³/mol. The molecule has 11 nitrogen and oxygen atoms in total. The number of carbonyl (C=O) groups is 4. The number of piperazine rings is 1. The number of amides is 3. The van der Waals surface area contributed by atoms with E-state index < -0.39 is 18.1 Å². The average molecular weight is 981 g/mol. The molecule has 0 aromatic heterocycles. The van der Waals surface area contributed by atoms with Gasteiger partial charge in [0, 0.05) is 75.1 Å². The number of ether oxygens (including phenoxy) is 1. The van der Waals surface area contributed by atoms with Crippen molar-refractivity contribution in [1.29, 1.82) is 0 Å². The van der Waals surface area contributed by atoms with Gasteiger partial charge in [-0.25, -0.2) is 8.78 Å². The normalized spacial score (nSPS) is 23.9. The first-order chi connectivity index (χ1) is 33.9. The summed E-state index contributed by atoms with van der Waals surface area (Å²) >= 11 is 0. The molecule has 5 atom stereocenters. The number of nitrogens with zero attached hydrogens (tertiary/aromatic N) is 5. The highest BCUT2D eigenvalue weighted by Gasteiger charge is 2.46. The zero-order valence-corrected chi connectivity index (χ0v) is 44.9. The predicted octanol–water partition coefficient (Wildman–Crippen LogP) is 10.5. The standard InChI is InChI=1S/C32H44F2N2.C22H26N4O5.2C2H6/c1-8-26-21(4)11-12-27-28(26)18-24(7)36(20-23(6)33)31(27)30-22(5)17-25(19-29(30)34)35-15-13-32(9-2,10-3)14-16-35;1-13(27)9-24-5-6-26-17-7-14-10-25(16-3-4-19(28)23-20(16)29)21(30)15(14)8-18(17)31-12-22(26,2)11-24;2*1-2/h8,11-12,17,19,23-24,31H,1,9-10,13-16,18,20H2,2-7H3;7-8,16H,3-6,9-12H2,1-2H3,(H,23,28,29);2*1-2H3/t23?,24-,31?;16?,22-;;/m10../s1. The van der Waals surface area contributed by atoms with Crippen molar-refractivity contribution in [1.82, 2.24) is 20.0 Å². The Balaban J connectivity index is 0.000000219. The highest BCUT2D eigenvalue weighted by atomic mass is 19.1. The fourth-order valence-electron chi connectivity index (χ4n) is 12.1. The summed E-state index contributed by atoms with van der Waals surface area (Å²) in [6.07, 6.45) is 7.04. The summed E-state index contributed by atoms with van der Waals surface area (Å²) in [6.45, 7) is 34.0. The van der Waals surface area contributed by atoms with Crippen LogP contribution in [0.15, 0.2) is 43.0 Å². The molecule has 0 aliphatic carbocycles. The molecule has 9 rings (SSSR count). The van der Waals surface area contributed by atoms with Gasteiger partial charge in [-0.3, -0.25) is 34.3 Å². The highest BCUT2D eigenvalue weighted by Crippen LogP contribution is 2.46. The monoisotopic (exact) mass is 981 g/mol. The molecule has 3 fully saturated rings. The maximum Gasteiger partial charge on any atom is 0.255 e. The minimum Gasteiger partial charge on any atom is -0.489 e. The molecule has 1 N–H and O–H groups in total. The molecular weight excluding hydrogens is 899 g/mol. The number of ketones is 1. The van der Waals surface area contributed by atoms with Crippen LogP contribution in [0.25, 0.3) is 6.08 Å². The molecule has 388 valence electrons. The lowest BCUT2D eigenvalue weighted by atomic mass is 9.74. The van der Waals surface area contributed by atoms with Crippen LogP contribution in [0.2, 0.25) is 0 Å². The van der Waals surface area contributed by atoms with E-state index in [1.54, 1.807) is 30.9 Å². The molecule has 3 saturated heterocycles. The Kier molecular flexibility index (Phi) is 18.0. The number of piperidine rings is 2. The van der Waals surface area contributed by atoms with Crippen LogP contribution in [0.4, 0.5) is 20.2 Å². The van der Waals surface area contributed by atoms with E-state index in [2.05, 4.69) is 84.3 Å². The van der Waals surface area contributed by atoms with Crippen LogP contribution in [-0.4, -0.2) is 114 Å². The number of Topliss-reactive ketones (excluding diaryl/α,β-unsaturated/α-hetero) is 1. The second-order valence-electron chi connectivity index (χ2n) is 20.6. The van der Waals surface area contributed by atoms with Crippen molar-refractivity contribution < 1.29 is 32.7 Å². The number of benzene rings is 3. The van der Waals surface area contributed by atoms with E-state index in [0.717, 1.165) is 85.6 Å². The molecule has 3 unspecified atom stereocenters. The van der Waals surface area contributed by atoms with E-state index in [0.29, 0.717) is 48.4 Å². The summed E-state index contributed by atoms with van der Waals surface area (Å²) in [5.74, 6) is -0.260. The fraction of sp³-hybridized carbons (Fsp3) is 0.586. The van der Waals surface area contributed by atoms with Gasteiger partial charge in [-0.05, 0) is 130 Å². The fourth-order valence-corrected chi connectivity index (χ4v) is 12.1. The third kappa shape index (κ3) is 11.3. The minimum atomic E-state index is -0.991. The zero-order chi connectivity index (χ0) is 52.1. The van der Waals surface area contributed by atoms with Gasteiger partial charge >= 0.3 is 0 Å². The van der Waals surface area contributed by atoms with Crippen molar-refractivity contribution in [2.45, 2.75) is 164 Å². The van der Waals surface area contributed by atoms with Gasteiger partial charge in [-0.15, -0.1) is 0 Å². The maximum atomic E-state index is 16.2. The molecule has 3 aromatic carbocycles. The van der Waals surface area contributed by atoms with E-state index in [9.17, 15) is 23.6 Å². The molecule has 0 bridgehead atoms. The van der Waals surface area contributed by atoms with Crippen molar-refractivity contribution in [3.63, 3.8) is 0 Å². The number of carbonyl (C=O) groups excluding carboxylic acids is 4. The van der Waals surface area contributed by atoms with Crippen LogP contribution in [0.3, 0.4) is 0 Å². The van der Waals surface area contributed by atoms with Crippen LogP contribution in [0, 0.1) is 25.1 Å². The Morgan fingerprint density at radius 3 is 2.28 bits per heavy atom. The first-order valence-corrected chi connectivity index (χ1v) is 26.5. The average Bonchev–Trinajstić information content (AvgIpc) is 3.66. The minimum absolute atomic E-state index is 0.0954. The molecule has 6 heterocycles. The van der Waals surface area contributed by atoms with Crippen molar-refractivity contribution in [2.75, 3.05) is 62.2 Å². The van der Waals surface area contributed by atoms with Crippen molar-refractivity contribution in [3.05, 3.63) is 93.3 Å². The molecule has 3 amide bonds. The van der Waals surface area contributed by atoms with Gasteiger partial charge in [0.15, 0.2) is 0 Å². The van der Waals surface area contributed by atoms with Gasteiger partial charge in [0.25, 0.3) is 5.91 Å². The summed E-state index contributed by atoms with van der Waals surface area (Å²) in [5.41, 5.74) is 9.75. The van der Waals surface area contributed by atoms with E-state index in [-0.39, 0.29) is 54.0 Å². The van der Waals surface area contributed by atoms with Gasteiger partial charge in [0.05, 0.1) is 23.8 Å². The Bertz CT molecular complexity index is 2420. The second kappa shape index (κ2) is 23.2. The second-order valence-corrected chi connectivity index (χ2v) is 20.6. The van der Waals surface area contributed by atoms with E-state index >= 15 is 4.39 Å². The number of rotatable bonds is 10. The summed E-state index contributed by atoms with van der Waals surface area (Å²) < 4.78 is 36.7. The SMILES string of the molecule is C=Cc1c(C)ccc2c1C[C@@H](C)N(CC(C)F)C2c1c(C)cc(N2CCC(CC)(CC)CC2)cc1F.CC.CC.CC(=O)CN1CCN2c3cc4c(cc3OC[C@]2(C)C1)C(=O)N(C1CCC(=O)NC1=O)C4. The van der Waals surface area contributed by atoms with Crippen molar-refractivity contribution in [2.24, 2.45) is 5.41 Å². The van der Waals surface area contributed by atoms with E-state index in [1.165, 1.54) is 24.0 Å². The number of hydrogen-bond acceptors (Lipinski definition) is 9. The molecule has 3 aromatic rings. The van der Waals surface area contributed by atoms with Crippen LogP contribution < -0.4 is 19.9 Å². The van der Waals surface area contributed by atoms with E-state index in [1.807, 2.05) is 46.8 Å². The molecule has 6 aliphatic heterocycles. The maximum absolute atomic E-state index is 16.2. The third-order valence-electron chi connectivity index (χ3n) is 16.0. The van der Waals surface area contributed by atoms with E-state index in [4.69, 9.17) is 4.74 Å². The number of fused-ring (bicyclic) bond motifs is 5. The highest BCUT2D eigenvalue weighted by molar-refractivity contribution is 6.06. The van der Waals surface area contributed by atoms with Gasteiger partial charge < -0.3 is 19.4 Å². The van der Waals surface area contributed by atoms with Gasteiger partial charge in [-0.2, -0.15) is 0 Å². The summed E-state index contributed by atoms with van der Waals surface area (Å²) in [7, 11) is 0. The largest absolute Gasteiger partial charge is 0.489 e. The Labute approximate surface area is 423 Å². The Morgan fingerprint density at radius 1 is 0.986 bits per heavy atom. The molecule has 13 heteroatoms. The number of aryl methyl sites for hydroxylation is 2. The molecular formula is C58H82F2N6O5. The molecule has 71 heavy (non-hydrogen) atoms. The van der Waals surface area contributed by atoms with Crippen LogP contribution in [0.5, 0.6) is 5.75 Å². The lowest BCUT2D eigenvalue weighted by Crippen LogP contribution is -2.65. The van der Waals surface area contributed by atoms with Crippen molar-refractivity contribution >= 4 is 41.0 Å². The number of halogens is 2. The Morgan fingerprint density at radius 2 is 1.68 bits per heavy atom. The molecule has 6 aliphatic rings. The third-order valence-corrected chi connectivity index (χ3v) is 16.0. The molecule has 0 saturated carbocycles. The van der Waals surface area contributed by atoms with Gasteiger partial charge in [-0.1, -0.05) is 79.2 Å². The van der Waals surface area contributed by atoms with Crippen LogP contribution in [0.1, 0.15) is 163 Å². The summed E-state index contributed by atoms with van der Waals surface area (Å²) in [6, 6.07) is 11.1. The number of hydrogen-bond donors (Lipinski definition) is 1. The zero-order valence-electron chi connectivity index (χ0n) is 44.9.